The maximum Gasteiger partial charge on any atom is 0.143 e. The van der Waals surface area contributed by atoms with Gasteiger partial charge in [0.1, 0.15) is 11.5 Å². The summed E-state index contributed by atoms with van der Waals surface area (Å²) in [5.41, 5.74) is 0.0295. The molecule has 0 bridgehead atoms. The zero-order chi connectivity index (χ0) is 14.5. The maximum atomic E-state index is 10.3. The zero-order valence-electron chi connectivity index (χ0n) is 11.9. The molecule has 0 saturated carbocycles. The Hall–Kier alpha value is -1.13. The highest BCUT2D eigenvalue weighted by Gasteiger charge is 2.22. The standard InChI is InChI=1S/C14H22ClNO3/c1-5-14(17,6-2)9-16-11-8-12(18-3)10(15)7-13(11)19-4/h7-8,16-17H,5-6,9H2,1-4H3. The number of benzene rings is 1. The molecule has 0 aliphatic rings. The Morgan fingerprint density at radius 3 is 2.21 bits per heavy atom. The number of methoxy groups -OCH3 is 2. The highest BCUT2D eigenvalue weighted by Crippen LogP contribution is 2.36. The molecule has 108 valence electrons. The Kier molecular flexibility index (Phi) is 5.76. The molecule has 1 aromatic rings. The molecular weight excluding hydrogens is 266 g/mol. The third kappa shape index (κ3) is 3.91. The number of halogens is 1. The topological polar surface area (TPSA) is 50.7 Å². The maximum absolute atomic E-state index is 10.3. The van der Waals surface area contributed by atoms with Crippen LogP contribution in [0.25, 0.3) is 0 Å². The summed E-state index contributed by atoms with van der Waals surface area (Å²) in [6.45, 7) is 4.37. The number of ether oxygens (including phenoxy) is 2. The predicted molar refractivity (Wildman–Crippen MR) is 78.6 cm³/mol. The molecule has 0 radical (unpaired) electrons. The van der Waals surface area contributed by atoms with Gasteiger partial charge in [-0.15, -0.1) is 0 Å². The van der Waals surface area contributed by atoms with E-state index in [2.05, 4.69) is 5.32 Å². The number of hydrogen-bond donors (Lipinski definition) is 2. The number of aliphatic hydroxyl groups is 1. The summed E-state index contributed by atoms with van der Waals surface area (Å²) < 4.78 is 10.5. The zero-order valence-corrected chi connectivity index (χ0v) is 12.7. The van der Waals surface area contributed by atoms with Crippen LogP contribution in [0.4, 0.5) is 5.69 Å². The van der Waals surface area contributed by atoms with Gasteiger partial charge in [-0.3, -0.25) is 0 Å². The van der Waals surface area contributed by atoms with Crippen molar-refractivity contribution in [3.05, 3.63) is 17.2 Å². The van der Waals surface area contributed by atoms with Crippen molar-refractivity contribution in [2.75, 3.05) is 26.1 Å². The summed E-state index contributed by atoms with van der Waals surface area (Å²) in [5, 5.41) is 14.0. The average molecular weight is 288 g/mol. The third-order valence-electron chi connectivity index (χ3n) is 3.40. The minimum atomic E-state index is -0.724. The lowest BCUT2D eigenvalue weighted by molar-refractivity contribution is 0.0456. The van der Waals surface area contributed by atoms with Crippen LogP contribution in [0.15, 0.2) is 12.1 Å². The highest BCUT2D eigenvalue weighted by atomic mass is 35.5. The molecule has 19 heavy (non-hydrogen) atoms. The normalized spacial score (nSPS) is 11.3. The van der Waals surface area contributed by atoms with Crippen molar-refractivity contribution in [3.63, 3.8) is 0 Å². The molecule has 2 N–H and O–H groups in total. The van der Waals surface area contributed by atoms with Gasteiger partial charge in [0.05, 0.1) is 30.5 Å². The predicted octanol–water partition coefficient (Wildman–Crippen LogP) is 3.32. The van der Waals surface area contributed by atoms with E-state index in [1.807, 2.05) is 13.8 Å². The molecule has 0 atom stereocenters. The van der Waals surface area contributed by atoms with Crippen LogP contribution in [0, 0.1) is 0 Å². The van der Waals surface area contributed by atoms with E-state index in [9.17, 15) is 5.11 Å². The molecule has 1 rings (SSSR count). The summed E-state index contributed by atoms with van der Waals surface area (Å²) in [6.07, 6.45) is 1.37. The molecule has 0 unspecified atom stereocenters. The van der Waals surface area contributed by atoms with Gasteiger partial charge in [0, 0.05) is 18.7 Å². The van der Waals surface area contributed by atoms with Crippen LogP contribution in [0.1, 0.15) is 26.7 Å². The smallest absolute Gasteiger partial charge is 0.143 e. The monoisotopic (exact) mass is 287 g/mol. The number of hydrogen-bond acceptors (Lipinski definition) is 4. The quantitative estimate of drug-likeness (QED) is 0.808. The molecule has 4 nitrogen and oxygen atoms in total. The van der Waals surface area contributed by atoms with Crippen molar-refractivity contribution in [2.24, 2.45) is 0 Å². The fourth-order valence-electron chi connectivity index (χ4n) is 1.76. The van der Waals surface area contributed by atoms with Crippen LogP contribution in [-0.4, -0.2) is 31.5 Å². The SMILES string of the molecule is CCC(O)(CC)CNc1cc(OC)c(Cl)cc1OC. The minimum absolute atomic E-state index is 0.446. The molecule has 0 amide bonds. The van der Waals surface area contributed by atoms with Gasteiger partial charge in [-0.05, 0) is 12.8 Å². The van der Waals surface area contributed by atoms with Crippen molar-refractivity contribution in [1.82, 2.24) is 0 Å². The van der Waals surface area contributed by atoms with Crippen molar-refractivity contribution in [2.45, 2.75) is 32.3 Å². The molecule has 0 spiro atoms. The van der Waals surface area contributed by atoms with E-state index in [1.165, 1.54) is 0 Å². The summed E-state index contributed by atoms with van der Waals surface area (Å²) in [5.74, 6) is 1.20. The molecule has 1 aromatic carbocycles. The van der Waals surface area contributed by atoms with E-state index in [0.29, 0.717) is 35.9 Å². The molecule has 0 aliphatic heterocycles. The van der Waals surface area contributed by atoms with E-state index in [1.54, 1.807) is 26.4 Å². The van der Waals surface area contributed by atoms with Crippen molar-refractivity contribution >= 4 is 17.3 Å². The molecule has 0 aromatic heterocycles. The summed E-state index contributed by atoms with van der Waals surface area (Å²) in [7, 11) is 3.14. The fourth-order valence-corrected chi connectivity index (χ4v) is 1.99. The molecular formula is C14H22ClNO3. The fraction of sp³-hybridized carbons (Fsp3) is 0.571. The van der Waals surface area contributed by atoms with Crippen LogP contribution in [0.2, 0.25) is 5.02 Å². The van der Waals surface area contributed by atoms with Gasteiger partial charge in [0.2, 0.25) is 0 Å². The summed E-state index contributed by atoms with van der Waals surface area (Å²) in [4.78, 5) is 0. The molecule has 0 aliphatic carbocycles. The number of anilines is 1. The third-order valence-corrected chi connectivity index (χ3v) is 3.69. The van der Waals surface area contributed by atoms with E-state index < -0.39 is 5.60 Å². The van der Waals surface area contributed by atoms with Gasteiger partial charge < -0.3 is 19.9 Å². The van der Waals surface area contributed by atoms with Gasteiger partial charge in [-0.1, -0.05) is 25.4 Å². The number of rotatable bonds is 7. The summed E-state index contributed by atoms with van der Waals surface area (Å²) >= 11 is 6.04. The van der Waals surface area contributed by atoms with Gasteiger partial charge >= 0.3 is 0 Å². The second-order valence-corrected chi connectivity index (χ2v) is 4.88. The first-order chi connectivity index (χ1) is 8.99. The molecule has 0 saturated heterocycles. The second-order valence-electron chi connectivity index (χ2n) is 4.47. The van der Waals surface area contributed by atoms with Crippen LogP contribution in [-0.2, 0) is 0 Å². The van der Waals surface area contributed by atoms with Crippen LogP contribution in [0.3, 0.4) is 0 Å². The van der Waals surface area contributed by atoms with E-state index >= 15 is 0 Å². The van der Waals surface area contributed by atoms with Crippen LogP contribution < -0.4 is 14.8 Å². The highest BCUT2D eigenvalue weighted by molar-refractivity contribution is 6.32. The Labute approximate surface area is 119 Å². The molecule has 0 heterocycles. The van der Waals surface area contributed by atoms with Crippen molar-refractivity contribution in [3.8, 4) is 11.5 Å². The molecule has 0 fully saturated rings. The van der Waals surface area contributed by atoms with Gasteiger partial charge in [0.25, 0.3) is 0 Å². The Morgan fingerprint density at radius 1 is 1.16 bits per heavy atom. The summed E-state index contributed by atoms with van der Waals surface area (Å²) in [6, 6.07) is 3.46. The van der Waals surface area contributed by atoms with Crippen molar-refractivity contribution in [1.29, 1.82) is 0 Å². The minimum Gasteiger partial charge on any atom is -0.495 e. The Morgan fingerprint density at radius 2 is 1.74 bits per heavy atom. The first-order valence-electron chi connectivity index (χ1n) is 6.37. The van der Waals surface area contributed by atoms with Gasteiger partial charge in [-0.25, -0.2) is 0 Å². The Balaban J connectivity index is 2.93. The first-order valence-corrected chi connectivity index (χ1v) is 6.75. The lowest BCUT2D eigenvalue weighted by Crippen LogP contribution is -2.35. The van der Waals surface area contributed by atoms with Gasteiger partial charge in [0.15, 0.2) is 0 Å². The number of nitrogens with one attached hydrogen (secondary N) is 1. The van der Waals surface area contributed by atoms with Crippen LogP contribution in [0.5, 0.6) is 11.5 Å². The second kappa shape index (κ2) is 6.87. The van der Waals surface area contributed by atoms with E-state index in [-0.39, 0.29) is 0 Å². The largest absolute Gasteiger partial charge is 0.495 e. The van der Waals surface area contributed by atoms with Gasteiger partial charge in [-0.2, -0.15) is 0 Å². The average Bonchev–Trinajstić information content (AvgIpc) is 2.45. The lowest BCUT2D eigenvalue weighted by Gasteiger charge is -2.26. The lowest BCUT2D eigenvalue weighted by atomic mass is 9.97. The van der Waals surface area contributed by atoms with E-state index in [4.69, 9.17) is 21.1 Å². The van der Waals surface area contributed by atoms with Crippen molar-refractivity contribution < 1.29 is 14.6 Å². The molecule has 5 heteroatoms. The Bertz CT molecular complexity index is 419. The van der Waals surface area contributed by atoms with E-state index in [0.717, 1.165) is 5.69 Å². The first kappa shape index (κ1) is 15.9. The van der Waals surface area contributed by atoms with Crippen LogP contribution >= 0.6 is 11.6 Å².